The smallest absolute Gasteiger partial charge is 0.387 e. The summed E-state index contributed by atoms with van der Waals surface area (Å²) in [6, 6.07) is 10.9. The average Bonchev–Trinajstić information content (AvgIpc) is 3.50. The van der Waals surface area contributed by atoms with Crippen molar-refractivity contribution in [2.75, 3.05) is 0 Å². The summed E-state index contributed by atoms with van der Waals surface area (Å²) in [4.78, 5) is 23.0. The first-order valence-corrected chi connectivity index (χ1v) is 15.7. The zero-order valence-corrected chi connectivity index (χ0v) is 24.5. The van der Waals surface area contributed by atoms with Gasteiger partial charge in [-0.3, -0.25) is 9.78 Å². The largest absolute Gasteiger partial charge is 0.434 e. The Morgan fingerprint density at radius 1 is 1.28 bits per heavy atom. The highest BCUT2D eigenvalue weighted by atomic mass is 32.2. The summed E-state index contributed by atoms with van der Waals surface area (Å²) in [5.74, 6) is -0.361. The van der Waals surface area contributed by atoms with E-state index in [1.807, 2.05) is 42.7 Å². The number of halogens is 2. The van der Waals surface area contributed by atoms with Gasteiger partial charge in [0.2, 0.25) is 0 Å². The van der Waals surface area contributed by atoms with Crippen LogP contribution in [0.15, 0.2) is 48.7 Å². The van der Waals surface area contributed by atoms with Crippen LogP contribution in [0.4, 0.5) is 8.78 Å². The molecular formula is C32H33F2N5O3S. The lowest BCUT2D eigenvalue weighted by Crippen LogP contribution is -2.50. The first kappa shape index (κ1) is 24.7. The van der Waals surface area contributed by atoms with E-state index in [1.54, 1.807) is 12.1 Å². The van der Waals surface area contributed by atoms with E-state index in [-0.39, 0.29) is 38.8 Å². The van der Waals surface area contributed by atoms with Gasteiger partial charge in [0.25, 0.3) is 5.91 Å². The maximum atomic E-state index is 14.3. The zero-order chi connectivity index (χ0) is 32.5. The van der Waals surface area contributed by atoms with Crippen molar-refractivity contribution in [2.24, 2.45) is 0 Å². The van der Waals surface area contributed by atoms with Crippen molar-refractivity contribution in [3.63, 3.8) is 0 Å². The van der Waals surface area contributed by atoms with Crippen molar-refractivity contribution in [3.8, 4) is 16.9 Å². The molecule has 11 heteroatoms. The van der Waals surface area contributed by atoms with Crippen LogP contribution >= 0.6 is 0 Å². The highest BCUT2D eigenvalue weighted by Gasteiger charge is 2.44. The number of aromatic nitrogens is 3. The predicted octanol–water partition coefficient (Wildman–Crippen LogP) is 6.22. The molecule has 2 unspecified atom stereocenters. The van der Waals surface area contributed by atoms with E-state index in [1.165, 1.54) is 12.3 Å². The van der Waals surface area contributed by atoms with Gasteiger partial charge < -0.3 is 14.6 Å². The molecule has 1 aliphatic carbocycles. The minimum Gasteiger partial charge on any atom is -0.434 e. The van der Waals surface area contributed by atoms with Gasteiger partial charge in [0, 0.05) is 37.8 Å². The molecule has 2 aromatic carbocycles. The SMILES string of the molecule is [2H]C([2H])([2H])c1cc2c(c(OC(F)F)c1-c1ccc(C3(NS(=O)C(C)CC)CCC3)nc1)[C@H]1C[C@@H](NC2=O)c2nc3ccccc3n21. The second-order valence-corrected chi connectivity index (χ2v) is 13.2. The number of carbonyl (C=O) groups is 1. The van der Waals surface area contributed by atoms with E-state index in [2.05, 4.69) is 15.0 Å². The number of imidazole rings is 1. The summed E-state index contributed by atoms with van der Waals surface area (Å²) in [7, 11) is -1.30. The first-order valence-electron chi connectivity index (χ1n) is 16.0. The van der Waals surface area contributed by atoms with Gasteiger partial charge >= 0.3 is 6.61 Å². The van der Waals surface area contributed by atoms with Gasteiger partial charge in [-0.25, -0.2) is 13.9 Å². The quantitative estimate of drug-likeness (QED) is 0.248. The average molecular weight is 609 g/mol. The van der Waals surface area contributed by atoms with Crippen molar-refractivity contribution in [1.82, 2.24) is 24.6 Å². The van der Waals surface area contributed by atoms with Crippen LogP contribution in [0.5, 0.6) is 5.75 Å². The van der Waals surface area contributed by atoms with E-state index in [9.17, 15) is 17.8 Å². The van der Waals surface area contributed by atoms with Crippen LogP contribution in [0.2, 0.25) is 0 Å². The molecule has 1 amide bonds. The van der Waals surface area contributed by atoms with E-state index in [0.717, 1.165) is 31.2 Å². The number of pyridine rings is 1. The molecule has 2 aliphatic heterocycles. The summed E-state index contributed by atoms with van der Waals surface area (Å²) >= 11 is 0. The Balaban J connectivity index is 1.42. The first-order chi connectivity index (χ1) is 21.9. The molecule has 4 atom stereocenters. The lowest BCUT2D eigenvalue weighted by Gasteiger charge is -2.42. The van der Waals surface area contributed by atoms with Gasteiger partial charge in [-0.15, -0.1) is 0 Å². The Morgan fingerprint density at radius 2 is 2.09 bits per heavy atom. The Morgan fingerprint density at radius 3 is 2.77 bits per heavy atom. The number of para-hydroxylation sites is 2. The third kappa shape index (κ3) is 4.47. The van der Waals surface area contributed by atoms with Gasteiger partial charge in [0.05, 0.1) is 45.3 Å². The topological polar surface area (TPSA) is 98.1 Å². The van der Waals surface area contributed by atoms with Crippen LogP contribution in [0.1, 0.15) is 95.2 Å². The lowest BCUT2D eigenvalue weighted by molar-refractivity contribution is -0.0503. The van der Waals surface area contributed by atoms with Crippen molar-refractivity contribution < 1.29 is 26.6 Å². The monoisotopic (exact) mass is 608 g/mol. The van der Waals surface area contributed by atoms with Crippen LogP contribution in [-0.4, -0.2) is 36.5 Å². The lowest BCUT2D eigenvalue weighted by atomic mass is 9.75. The van der Waals surface area contributed by atoms with E-state index < -0.39 is 48.0 Å². The molecule has 4 aromatic rings. The fraction of sp³-hybridized carbons (Fsp3) is 0.406. The number of ether oxygens (including phenoxy) is 1. The molecule has 2 bridgehead atoms. The summed E-state index contributed by atoms with van der Waals surface area (Å²) < 4.78 is 77.1. The predicted molar refractivity (Wildman–Crippen MR) is 160 cm³/mol. The molecule has 1 fully saturated rings. The molecule has 43 heavy (non-hydrogen) atoms. The normalized spacial score (nSPS) is 22.8. The molecule has 8 nitrogen and oxygen atoms in total. The Bertz CT molecular complexity index is 1880. The summed E-state index contributed by atoms with van der Waals surface area (Å²) in [6.45, 7) is -2.21. The fourth-order valence-corrected chi connectivity index (χ4v) is 7.78. The number of alkyl halides is 2. The number of nitrogens with one attached hydrogen (secondary N) is 2. The van der Waals surface area contributed by atoms with Crippen molar-refractivity contribution in [2.45, 2.75) is 82.3 Å². The van der Waals surface area contributed by atoms with Crippen molar-refractivity contribution >= 4 is 27.9 Å². The van der Waals surface area contributed by atoms with Gasteiger partial charge in [-0.05, 0) is 75.7 Å². The molecule has 0 saturated heterocycles. The van der Waals surface area contributed by atoms with Crippen LogP contribution in [-0.2, 0) is 16.5 Å². The number of aryl methyl sites for hydroxylation is 1. The standard InChI is InChI=1S/C32H33F2N5O3S/c1-4-18(3)43(41)38-32(12-7-13-32)25-11-10-19(16-35-25)26-17(2)14-20-27(28(26)42-31(33)34)24-15-22(37-30(20)40)29-36-21-8-5-6-9-23(21)39(24)29/h5-6,8-11,14,16,18,22,24,31,38H,4,7,12-13,15H2,1-3H3,(H,37,40)/t18?,22-,24-,43?/m1/s1/i2D3. The second-order valence-electron chi connectivity index (χ2n) is 11.6. The number of hydrogen-bond donors (Lipinski definition) is 2. The van der Waals surface area contributed by atoms with Gasteiger partial charge in [0.1, 0.15) is 11.6 Å². The molecule has 224 valence electrons. The van der Waals surface area contributed by atoms with Gasteiger partial charge in [-0.1, -0.05) is 25.1 Å². The molecule has 4 heterocycles. The van der Waals surface area contributed by atoms with Crippen LogP contribution in [0, 0.1) is 6.85 Å². The third-order valence-electron chi connectivity index (χ3n) is 9.10. The van der Waals surface area contributed by atoms with Gasteiger partial charge in [0.15, 0.2) is 0 Å². The molecule has 7 rings (SSSR count). The molecule has 0 spiro atoms. The highest BCUT2D eigenvalue weighted by molar-refractivity contribution is 7.83. The molecule has 1 saturated carbocycles. The highest BCUT2D eigenvalue weighted by Crippen LogP contribution is 2.51. The molecule has 0 radical (unpaired) electrons. The van der Waals surface area contributed by atoms with Crippen molar-refractivity contribution in [3.05, 3.63) is 76.9 Å². The van der Waals surface area contributed by atoms with Crippen molar-refractivity contribution in [1.29, 1.82) is 0 Å². The number of amides is 1. The number of hydrogen-bond acceptors (Lipinski definition) is 5. The number of rotatable bonds is 8. The van der Waals surface area contributed by atoms with Crippen LogP contribution in [0.25, 0.3) is 22.2 Å². The molecule has 2 N–H and O–H groups in total. The van der Waals surface area contributed by atoms with E-state index in [4.69, 9.17) is 13.8 Å². The third-order valence-corrected chi connectivity index (χ3v) is 10.8. The number of fused-ring (bicyclic) bond motifs is 9. The van der Waals surface area contributed by atoms with E-state index >= 15 is 0 Å². The Hall–Kier alpha value is -3.70. The zero-order valence-electron chi connectivity index (χ0n) is 26.7. The summed E-state index contributed by atoms with van der Waals surface area (Å²) in [6.07, 6.45) is 4.88. The molecular weight excluding hydrogens is 572 g/mol. The minimum absolute atomic E-state index is 0.0313. The molecule has 2 aromatic heterocycles. The van der Waals surface area contributed by atoms with Gasteiger partial charge in [-0.2, -0.15) is 8.78 Å². The van der Waals surface area contributed by atoms with Crippen LogP contribution < -0.4 is 14.8 Å². The number of nitrogens with zero attached hydrogens (tertiary/aromatic N) is 3. The Labute approximate surface area is 255 Å². The van der Waals surface area contributed by atoms with Crippen LogP contribution in [0.3, 0.4) is 0 Å². The second kappa shape index (κ2) is 10.5. The summed E-state index contributed by atoms with van der Waals surface area (Å²) in [5.41, 5.74) is 1.51. The molecule has 3 aliphatic rings. The minimum atomic E-state index is -3.30. The number of carbonyl (C=O) groups excluding carboxylic acids is 1. The Kier molecular flexibility index (Phi) is 6.02. The maximum Gasteiger partial charge on any atom is 0.387 e. The maximum absolute atomic E-state index is 14.3. The number of benzene rings is 2. The fourth-order valence-electron chi connectivity index (χ4n) is 6.58. The van der Waals surface area contributed by atoms with E-state index in [0.29, 0.717) is 23.5 Å². The summed E-state index contributed by atoms with van der Waals surface area (Å²) in [5, 5.41) is 2.87.